The maximum absolute atomic E-state index is 12.5. The van der Waals surface area contributed by atoms with Crippen molar-refractivity contribution in [2.75, 3.05) is 26.7 Å². The lowest BCUT2D eigenvalue weighted by molar-refractivity contribution is -0.385. The van der Waals surface area contributed by atoms with Crippen LogP contribution in [0.4, 0.5) is 5.69 Å². The number of nitro benzene ring substituents is 1. The predicted octanol–water partition coefficient (Wildman–Crippen LogP) is 2.71. The number of nitro groups is 1. The summed E-state index contributed by atoms with van der Waals surface area (Å²) in [5, 5.41) is 14.5. The minimum absolute atomic E-state index is 0.0752. The standard InChI is InChI=1S/C15H20ClN3O3/c1-17-7-4-11-5-8-18(9-6-11)15(20)13-10-12(16)2-3-14(13)19(21)22/h2-3,10-11,17H,4-9H2,1H3. The maximum Gasteiger partial charge on any atom is 0.282 e. The smallest absolute Gasteiger partial charge is 0.282 e. The molecule has 7 heteroatoms. The molecule has 0 aromatic heterocycles. The molecule has 0 atom stereocenters. The Kier molecular flexibility index (Phi) is 5.74. The molecule has 1 aromatic carbocycles. The van der Waals surface area contributed by atoms with E-state index in [4.69, 9.17) is 11.6 Å². The number of halogens is 1. The van der Waals surface area contributed by atoms with Gasteiger partial charge in [0.05, 0.1) is 4.92 Å². The Morgan fingerprint density at radius 2 is 2.14 bits per heavy atom. The summed E-state index contributed by atoms with van der Waals surface area (Å²) in [7, 11) is 1.93. The summed E-state index contributed by atoms with van der Waals surface area (Å²) in [6.07, 6.45) is 2.96. The molecule has 0 saturated carbocycles. The molecule has 0 unspecified atom stereocenters. The zero-order chi connectivity index (χ0) is 16.1. The van der Waals surface area contributed by atoms with Crippen LogP contribution >= 0.6 is 11.6 Å². The van der Waals surface area contributed by atoms with Crippen LogP contribution in [-0.4, -0.2) is 42.4 Å². The van der Waals surface area contributed by atoms with E-state index in [0.29, 0.717) is 24.0 Å². The zero-order valence-electron chi connectivity index (χ0n) is 12.5. The van der Waals surface area contributed by atoms with Crippen molar-refractivity contribution in [3.05, 3.63) is 38.9 Å². The van der Waals surface area contributed by atoms with Crippen LogP contribution in [0.3, 0.4) is 0 Å². The lowest BCUT2D eigenvalue weighted by atomic mass is 9.93. The van der Waals surface area contributed by atoms with E-state index in [0.717, 1.165) is 25.8 Å². The van der Waals surface area contributed by atoms with Crippen LogP contribution in [0.2, 0.25) is 5.02 Å². The number of likely N-dealkylation sites (tertiary alicyclic amines) is 1. The van der Waals surface area contributed by atoms with E-state index in [2.05, 4.69) is 5.32 Å². The minimum Gasteiger partial charge on any atom is -0.338 e. The fourth-order valence-corrected chi connectivity index (χ4v) is 2.95. The lowest BCUT2D eigenvalue weighted by Crippen LogP contribution is -2.39. The summed E-state index contributed by atoms with van der Waals surface area (Å²) in [6.45, 7) is 2.24. The number of benzene rings is 1. The first-order valence-electron chi connectivity index (χ1n) is 7.40. The molecule has 0 aliphatic carbocycles. The first-order valence-corrected chi connectivity index (χ1v) is 7.78. The molecule has 1 amide bonds. The second-order valence-electron chi connectivity index (χ2n) is 5.55. The van der Waals surface area contributed by atoms with Crippen LogP contribution in [-0.2, 0) is 0 Å². The number of nitrogens with one attached hydrogen (secondary N) is 1. The highest BCUT2D eigenvalue weighted by molar-refractivity contribution is 6.31. The number of amides is 1. The molecule has 1 aromatic rings. The van der Waals surface area contributed by atoms with Gasteiger partial charge in [0.2, 0.25) is 0 Å². The van der Waals surface area contributed by atoms with Crippen molar-refractivity contribution in [3.8, 4) is 0 Å². The van der Waals surface area contributed by atoms with Gasteiger partial charge < -0.3 is 10.2 Å². The summed E-state index contributed by atoms with van der Waals surface area (Å²) in [4.78, 5) is 24.8. The average molecular weight is 326 g/mol. The minimum atomic E-state index is -0.538. The molecule has 1 heterocycles. The van der Waals surface area contributed by atoms with Crippen molar-refractivity contribution in [2.24, 2.45) is 5.92 Å². The number of piperidine rings is 1. The van der Waals surface area contributed by atoms with Crippen molar-refractivity contribution < 1.29 is 9.72 Å². The SMILES string of the molecule is CNCCC1CCN(C(=O)c2cc(Cl)ccc2[N+](=O)[O-])CC1. The van der Waals surface area contributed by atoms with E-state index in [1.165, 1.54) is 18.2 Å². The topological polar surface area (TPSA) is 75.5 Å². The average Bonchev–Trinajstić information content (AvgIpc) is 2.52. The quantitative estimate of drug-likeness (QED) is 0.667. The number of hydrogen-bond donors (Lipinski definition) is 1. The second kappa shape index (κ2) is 7.56. The summed E-state index contributed by atoms with van der Waals surface area (Å²) >= 11 is 5.88. The Morgan fingerprint density at radius 3 is 2.73 bits per heavy atom. The van der Waals surface area contributed by atoms with Gasteiger partial charge in [-0.3, -0.25) is 14.9 Å². The van der Waals surface area contributed by atoms with Crippen LogP contribution in [0.1, 0.15) is 29.6 Å². The Bertz CT molecular complexity index is 557. The van der Waals surface area contributed by atoms with E-state index in [-0.39, 0.29) is 17.2 Å². The molecule has 1 aliphatic heterocycles. The Labute approximate surface area is 134 Å². The highest BCUT2D eigenvalue weighted by Crippen LogP contribution is 2.27. The molecule has 0 radical (unpaired) electrons. The van der Waals surface area contributed by atoms with Gasteiger partial charge in [-0.1, -0.05) is 11.6 Å². The van der Waals surface area contributed by atoms with Gasteiger partial charge in [0.15, 0.2) is 0 Å². The number of rotatable bonds is 5. The molecule has 2 rings (SSSR count). The van der Waals surface area contributed by atoms with Crippen LogP contribution < -0.4 is 5.32 Å². The van der Waals surface area contributed by atoms with Gasteiger partial charge in [-0.15, -0.1) is 0 Å². The maximum atomic E-state index is 12.5. The van der Waals surface area contributed by atoms with E-state index in [1.807, 2.05) is 7.05 Å². The number of carbonyl (C=O) groups is 1. The summed E-state index contributed by atoms with van der Waals surface area (Å²) < 4.78 is 0. The predicted molar refractivity (Wildman–Crippen MR) is 85.3 cm³/mol. The molecule has 1 N–H and O–H groups in total. The van der Waals surface area contributed by atoms with Crippen molar-refractivity contribution in [2.45, 2.75) is 19.3 Å². The van der Waals surface area contributed by atoms with Crippen molar-refractivity contribution >= 4 is 23.2 Å². The summed E-state index contributed by atoms with van der Waals surface area (Å²) in [5.41, 5.74) is -0.113. The van der Waals surface area contributed by atoms with Gasteiger partial charge in [0.25, 0.3) is 11.6 Å². The molecule has 1 aliphatic rings. The lowest BCUT2D eigenvalue weighted by Gasteiger charge is -2.32. The molecule has 22 heavy (non-hydrogen) atoms. The monoisotopic (exact) mass is 325 g/mol. The fourth-order valence-electron chi connectivity index (χ4n) is 2.78. The van der Waals surface area contributed by atoms with E-state index >= 15 is 0 Å². The van der Waals surface area contributed by atoms with E-state index < -0.39 is 4.92 Å². The van der Waals surface area contributed by atoms with Crippen molar-refractivity contribution in [1.29, 1.82) is 0 Å². The Morgan fingerprint density at radius 1 is 1.45 bits per heavy atom. The van der Waals surface area contributed by atoms with E-state index in [9.17, 15) is 14.9 Å². The number of hydrogen-bond acceptors (Lipinski definition) is 4. The Balaban J connectivity index is 2.07. The third-order valence-electron chi connectivity index (χ3n) is 4.09. The highest BCUT2D eigenvalue weighted by atomic mass is 35.5. The first kappa shape index (κ1) is 16.7. The molecular formula is C15H20ClN3O3. The van der Waals surface area contributed by atoms with E-state index in [1.54, 1.807) is 4.90 Å². The van der Waals surface area contributed by atoms with Crippen LogP contribution in [0.25, 0.3) is 0 Å². The molecule has 0 spiro atoms. The third-order valence-corrected chi connectivity index (χ3v) is 4.33. The van der Waals surface area contributed by atoms with Crippen molar-refractivity contribution in [3.63, 3.8) is 0 Å². The Hall–Kier alpha value is -1.66. The van der Waals surface area contributed by atoms with Crippen LogP contribution in [0, 0.1) is 16.0 Å². The third kappa shape index (κ3) is 3.96. The number of nitrogens with zero attached hydrogens (tertiary/aromatic N) is 2. The van der Waals surface area contributed by atoms with Gasteiger partial charge in [-0.05, 0) is 50.9 Å². The van der Waals surface area contributed by atoms with Crippen molar-refractivity contribution in [1.82, 2.24) is 10.2 Å². The zero-order valence-corrected chi connectivity index (χ0v) is 13.3. The molecular weight excluding hydrogens is 306 g/mol. The molecule has 1 fully saturated rings. The van der Waals surface area contributed by atoms with Gasteiger partial charge in [-0.2, -0.15) is 0 Å². The van der Waals surface area contributed by atoms with Gasteiger partial charge in [0.1, 0.15) is 5.56 Å². The van der Waals surface area contributed by atoms with Gasteiger partial charge >= 0.3 is 0 Å². The molecule has 0 bridgehead atoms. The largest absolute Gasteiger partial charge is 0.338 e. The van der Waals surface area contributed by atoms with Crippen LogP contribution in [0.15, 0.2) is 18.2 Å². The fraction of sp³-hybridized carbons (Fsp3) is 0.533. The molecule has 1 saturated heterocycles. The normalized spacial score (nSPS) is 15.8. The van der Waals surface area contributed by atoms with Crippen LogP contribution in [0.5, 0.6) is 0 Å². The van der Waals surface area contributed by atoms with Gasteiger partial charge in [-0.25, -0.2) is 0 Å². The summed E-state index contributed by atoms with van der Waals surface area (Å²) in [5.74, 6) is 0.298. The first-order chi connectivity index (χ1) is 10.5. The molecule has 6 nitrogen and oxygen atoms in total. The summed E-state index contributed by atoms with van der Waals surface area (Å²) in [6, 6.07) is 4.10. The second-order valence-corrected chi connectivity index (χ2v) is 5.98. The molecule has 120 valence electrons. The number of carbonyl (C=O) groups excluding carboxylic acids is 1. The highest BCUT2D eigenvalue weighted by Gasteiger charge is 2.28. The van der Waals surface area contributed by atoms with Gasteiger partial charge in [0, 0.05) is 24.2 Å².